The van der Waals surface area contributed by atoms with Gasteiger partial charge in [0.25, 0.3) is 0 Å². The molecule has 0 saturated heterocycles. The number of furan rings is 1. The highest BCUT2D eigenvalue weighted by molar-refractivity contribution is 6.64. The van der Waals surface area contributed by atoms with Crippen molar-refractivity contribution in [1.29, 1.82) is 0 Å². The van der Waals surface area contributed by atoms with E-state index in [2.05, 4.69) is 0 Å². The van der Waals surface area contributed by atoms with Gasteiger partial charge in [0.15, 0.2) is 5.76 Å². The third-order valence-corrected chi connectivity index (χ3v) is 6.21. The molecule has 0 bridgehead atoms. The second-order valence-corrected chi connectivity index (χ2v) is 7.62. The lowest BCUT2D eigenvalue weighted by Crippen LogP contribution is -2.36. The molecule has 1 atom stereocenters. The van der Waals surface area contributed by atoms with E-state index in [-0.39, 0.29) is 16.9 Å². The molecule has 0 radical (unpaired) electrons. The molecule has 1 heterocycles. The van der Waals surface area contributed by atoms with Crippen LogP contribution in [0, 0.1) is 0 Å². The third-order valence-electron chi connectivity index (χ3n) is 5.86. The first-order valence-corrected chi connectivity index (χ1v) is 8.74. The standard InChI is InChI=1S/C20H13ClO5/c1-20-4-2-3-8-7-26-19(13(8)20)17(24)11-5-9-10(6-12(11)20)15(22)14(21)18(25)16(9)23/h5-7,22H,2-4H2,1H3/t20-/m1/s1. The average molecular weight is 369 g/mol. The molecule has 0 saturated carbocycles. The van der Waals surface area contributed by atoms with Crippen LogP contribution < -0.4 is 0 Å². The summed E-state index contributed by atoms with van der Waals surface area (Å²) >= 11 is 5.83. The number of carbonyl (C=O) groups excluding carboxylic acids is 3. The van der Waals surface area contributed by atoms with Crippen molar-refractivity contribution in [2.75, 3.05) is 0 Å². The number of halogens is 1. The summed E-state index contributed by atoms with van der Waals surface area (Å²) in [7, 11) is 0. The van der Waals surface area contributed by atoms with Crippen LogP contribution in [-0.2, 0) is 16.6 Å². The molecule has 26 heavy (non-hydrogen) atoms. The van der Waals surface area contributed by atoms with E-state index in [1.807, 2.05) is 6.92 Å². The fourth-order valence-electron chi connectivity index (χ4n) is 4.57. The average Bonchev–Trinajstić information content (AvgIpc) is 3.08. The maximum atomic E-state index is 13.0. The Labute approximate surface area is 153 Å². The van der Waals surface area contributed by atoms with Crippen molar-refractivity contribution in [3.05, 3.63) is 62.6 Å². The number of ketones is 3. The summed E-state index contributed by atoms with van der Waals surface area (Å²) in [4.78, 5) is 37.3. The van der Waals surface area contributed by atoms with E-state index < -0.39 is 27.8 Å². The zero-order valence-electron chi connectivity index (χ0n) is 13.8. The lowest BCUT2D eigenvalue weighted by Gasteiger charge is -2.39. The molecule has 1 aromatic heterocycles. The van der Waals surface area contributed by atoms with Gasteiger partial charge >= 0.3 is 0 Å². The number of carbonyl (C=O) groups is 3. The number of allylic oxidation sites excluding steroid dienone is 1. The van der Waals surface area contributed by atoms with Crippen molar-refractivity contribution in [3.63, 3.8) is 0 Å². The SMILES string of the molecule is C[C@]12CCCc3coc(c31)C(=O)c1cc3c(cc12)C(O)=C(Cl)C(=O)C3=O. The lowest BCUT2D eigenvalue weighted by atomic mass is 9.62. The fourth-order valence-corrected chi connectivity index (χ4v) is 4.76. The van der Waals surface area contributed by atoms with Gasteiger partial charge in [0.1, 0.15) is 10.8 Å². The van der Waals surface area contributed by atoms with Crippen molar-refractivity contribution in [2.24, 2.45) is 0 Å². The van der Waals surface area contributed by atoms with Crippen LogP contribution in [-0.4, -0.2) is 22.5 Å². The molecule has 0 unspecified atom stereocenters. The van der Waals surface area contributed by atoms with Crippen LogP contribution in [0.1, 0.15) is 68.5 Å². The molecule has 1 aromatic carbocycles. The largest absolute Gasteiger partial charge is 0.506 e. The van der Waals surface area contributed by atoms with Crippen molar-refractivity contribution in [3.8, 4) is 0 Å². The van der Waals surface area contributed by atoms with Crippen molar-refractivity contribution in [1.82, 2.24) is 0 Å². The molecule has 5 rings (SSSR count). The van der Waals surface area contributed by atoms with Gasteiger partial charge in [-0.2, -0.15) is 0 Å². The van der Waals surface area contributed by atoms with E-state index in [9.17, 15) is 19.5 Å². The Kier molecular flexibility index (Phi) is 2.84. The minimum absolute atomic E-state index is 0.00126. The normalized spacial score (nSPS) is 23.7. The van der Waals surface area contributed by atoms with Crippen LogP contribution in [0.2, 0.25) is 0 Å². The molecule has 3 aliphatic rings. The summed E-state index contributed by atoms with van der Waals surface area (Å²) in [5, 5.41) is 9.84. The van der Waals surface area contributed by atoms with Crippen molar-refractivity contribution in [2.45, 2.75) is 31.6 Å². The van der Waals surface area contributed by atoms with Crippen molar-refractivity contribution < 1.29 is 23.9 Å². The first kappa shape index (κ1) is 15.6. The minimum Gasteiger partial charge on any atom is -0.506 e. The Morgan fingerprint density at radius 3 is 2.62 bits per heavy atom. The molecular formula is C20H13ClO5. The van der Waals surface area contributed by atoms with Gasteiger partial charge in [-0.3, -0.25) is 14.4 Å². The second-order valence-electron chi connectivity index (χ2n) is 7.24. The second kappa shape index (κ2) is 4.74. The summed E-state index contributed by atoms with van der Waals surface area (Å²) in [6, 6.07) is 3.04. The summed E-state index contributed by atoms with van der Waals surface area (Å²) in [5.41, 5.74) is 2.74. The highest BCUT2D eigenvalue weighted by atomic mass is 35.5. The number of fused-ring (bicyclic) bond motifs is 3. The Morgan fingerprint density at radius 1 is 1.08 bits per heavy atom. The van der Waals surface area contributed by atoms with E-state index in [0.717, 1.165) is 36.0 Å². The van der Waals surface area contributed by atoms with E-state index in [1.165, 1.54) is 6.07 Å². The van der Waals surface area contributed by atoms with Gasteiger partial charge in [0, 0.05) is 27.7 Å². The van der Waals surface area contributed by atoms with E-state index >= 15 is 0 Å². The third kappa shape index (κ3) is 1.64. The molecule has 0 spiro atoms. The molecule has 5 nitrogen and oxygen atoms in total. The zero-order chi connectivity index (χ0) is 18.4. The molecule has 2 aromatic rings. The molecule has 1 N–H and O–H groups in total. The number of Topliss-reactive ketones (excluding diaryl/α,β-unsaturated/α-hetero) is 2. The number of benzene rings is 1. The lowest BCUT2D eigenvalue weighted by molar-refractivity contribution is -0.111. The predicted octanol–water partition coefficient (Wildman–Crippen LogP) is 3.70. The summed E-state index contributed by atoms with van der Waals surface area (Å²) in [6.07, 6.45) is 4.24. The molecule has 3 aliphatic carbocycles. The van der Waals surface area contributed by atoms with Gasteiger partial charge in [-0.15, -0.1) is 0 Å². The number of aliphatic hydroxyl groups is 1. The van der Waals surface area contributed by atoms with Crippen molar-refractivity contribution >= 4 is 34.7 Å². The molecular weight excluding hydrogens is 356 g/mol. The van der Waals surface area contributed by atoms with Crippen LogP contribution in [0.4, 0.5) is 0 Å². The van der Waals surface area contributed by atoms with Gasteiger partial charge < -0.3 is 9.52 Å². The topological polar surface area (TPSA) is 84.6 Å². The summed E-state index contributed by atoms with van der Waals surface area (Å²) in [6.45, 7) is 2.04. The van der Waals surface area contributed by atoms with Gasteiger partial charge in [-0.1, -0.05) is 18.5 Å². The number of aliphatic hydroxyl groups excluding tert-OH is 1. The van der Waals surface area contributed by atoms with Gasteiger partial charge in [0.2, 0.25) is 17.3 Å². The number of rotatable bonds is 0. The fraction of sp³-hybridized carbons (Fsp3) is 0.250. The smallest absolute Gasteiger partial charge is 0.248 e. The van der Waals surface area contributed by atoms with E-state index in [0.29, 0.717) is 11.3 Å². The molecule has 0 amide bonds. The van der Waals surface area contributed by atoms with Crippen LogP contribution in [0.3, 0.4) is 0 Å². The highest BCUT2D eigenvalue weighted by Crippen LogP contribution is 2.51. The Bertz CT molecular complexity index is 1100. The molecule has 6 heteroatoms. The maximum Gasteiger partial charge on any atom is 0.248 e. The predicted molar refractivity (Wildman–Crippen MR) is 92.7 cm³/mol. The first-order chi connectivity index (χ1) is 12.3. The van der Waals surface area contributed by atoms with Gasteiger partial charge in [-0.25, -0.2) is 0 Å². The quantitative estimate of drug-likeness (QED) is 0.717. The van der Waals surface area contributed by atoms with Gasteiger partial charge in [-0.05, 0) is 42.5 Å². The van der Waals surface area contributed by atoms with Gasteiger partial charge in [0.05, 0.1) is 6.26 Å². The summed E-state index contributed by atoms with van der Waals surface area (Å²) < 4.78 is 5.57. The number of aryl methyl sites for hydroxylation is 1. The minimum atomic E-state index is -0.968. The molecule has 0 fully saturated rings. The Balaban J connectivity index is 1.86. The summed E-state index contributed by atoms with van der Waals surface area (Å²) in [5.74, 6) is -2.20. The Hall–Kier alpha value is -2.66. The van der Waals surface area contributed by atoms with E-state index in [4.69, 9.17) is 16.0 Å². The first-order valence-electron chi connectivity index (χ1n) is 8.37. The monoisotopic (exact) mass is 368 g/mol. The number of hydrogen-bond acceptors (Lipinski definition) is 5. The highest BCUT2D eigenvalue weighted by Gasteiger charge is 2.47. The maximum absolute atomic E-state index is 13.0. The van der Waals surface area contributed by atoms with E-state index in [1.54, 1.807) is 12.3 Å². The van der Waals surface area contributed by atoms with Crippen LogP contribution in [0.15, 0.2) is 27.8 Å². The van der Waals surface area contributed by atoms with Crippen LogP contribution in [0.5, 0.6) is 0 Å². The molecule has 0 aliphatic heterocycles. The molecule has 130 valence electrons. The Morgan fingerprint density at radius 2 is 1.85 bits per heavy atom. The van der Waals surface area contributed by atoms with Crippen LogP contribution in [0.25, 0.3) is 5.76 Å². The van der Waals surface area contributed by atoms with Crippen LogP contribution >= 0.6 is 11.6 Å². The zero-order valence-corrected chi connectivity index (χ0v) is 14.6. The number of hydrogen-bond donors (Lipinski definition) is 1.